The molecule has 0 aromatic rings. The van der Waals surface area contributed by atoms with Crippen LogP contribution in [0, 0.1) is 17.3 Å². The third-order valence-electron chi connectivity index (χ3n) is 4.84. The van der Waals surface area contributed by atoms with E-state index in [0.29, 0.717) is 5.41 Å². The van der Waals surface area contributed by atoms with Crippen LogP contribution in [0.3, 0.4) is 0 Å². The van der Waals surface area contributed by atoms with Gasteiger partial charge in [-0.3, -0.25) is 4.90 Å². The van der Waals surface area contributed by atoms with Crippen molar-refractivity contribution in [2.75, 3.05) is 13.1 Å². The first-order valence-electron chi connectivity index (χ1n) is 6.75. The van der Waals surface area contributed by atoms with Gasteiger partial charge in [-0.2, -0.15) is 0 Å². The lowest BCUT2D eigenvalue weighted by Gasteiger charge is -2.35. The highest BCUT2D eigenvalue weighted by atomic mass is 15.2. The van der Waals surface area contributed by atoms with Crippen LogP contribution < -0.4 is 0 Å². The molecule has 2 unspecified atom stereocenters. The van der Waals surface area contributed by atoms with Crippen molar-refractivity contribution >= 4 is 0 Å². The normalized spacial score (nSPS) is 36.6. The second-order valence-electron chi connectivity index (χ2n) is 6.68. The molecule has 0 spiro atoms. The minimum absolute atomic E-state index is 0.575. The molecule has 2 fully saturated rings. The standard InChI is InChI=1S/C14H27N/c1-11(2)12-7-9-15(10-12)13-6-5-8-14(13,3)4/h11-13H,5-10H2,1-4H3. The van der Waals surface area contributed by atoms with Crippen molar-refractivity contribution in [2.45, 2.75) is 59.4 Å². The molecule has 0 bridgehead atoms. The Morgan fingerprint density at radius 3 is 2.40 bits per heavy atom. The predicted molar refractivity (Wildman–Crippen MR) is 65.9 cm³/mol. The quantitative estimate of drug-likeness (QED) is 0.672. The molecule has 1 heteroatoms. The second-order valence-corrected chi connectivity index (χ2v) is 6.68. The van der Waals surface area contributed by atoms with Crippen molar-refractivity contribution < 1.29 is 0 Å². The maximum atomic E-state index is 2.79. The molecule has 0 aromatic carbocycles. The van der Waals surface area contributed by atoms with E-state index in [1.54, 1.807) is 0 Å². The molecule has 1 saturated carbocycles. The molecule has 1 nitrogen and oxygen atoms in total. The molecule has 2 aliphatic rings. The zero-order chi connectivity index (χ0) is 11.1. The van der Waals surface area contributed by atoms with E-state index in [4.69, 9.17) is 0 Å². The zero-order valence-corrected chi connectivity index (χ0v) is 10.9. The SMILES string of the molecule is CC(C)C1CCN(C2CCCC2(C)C)C1. The summed E-state index contributed by atoms with van der Waals surface area (Å²) in [5.74, 6) is 1.83. The lowest BCUT2D eigenvalue weighted by Crippen LogP contribution is -2.40. The Balaban J connectivity index is 1.96. The molecule has 2 atom stereocenters. The van der Waals surface area contributed by atoms with E-state index in [1.807, 2.05) is 0 Å². The molecule has 1 aliphatic heterocycles. The van der Waals surface area contributed by atoms with E-state index in [2.05, 4.69) is 32.6 Å². The maximum absolute atomic E-state index is 2.79. The van der Waals surface area contributed by atoms with Crippen molar-refractivity contribution in [3.8, 4) is 0 Å². The molecule has 0 N–H and O–H groups in total. The number of hydrogen-bond acceptors (Lipinski definition) is 1. The summed E-state index contributed by atoms with van der Waals surface area (Å²) in [4.78, 5) is 2.79. The van der Waals surface area contributed by atoms with Gasteiger partial charge in [0, 0.05) is 12.6 Å². The summed E-state index contributed by atoms with van der Waals surface area (Å²) in [5, 5.41) is 0. The smallest absolute Gasteiger partial charge is 0.0146 e. The molecule has 1 heterocycles. The highest BCUT2D eigenvalue weighted by molar-refractivity contribution is 4.94. The van der Waals surface area contributed by atoms with Gasteiger partial charge in [-0.15, -0.1) is 0 Å². The fraction of sp³-hybridized carbons (Fsp3) is 1.00. The Morgan fingerprint density at radius 1 is 1.20 bits per heavy atom. The van der Waals surface area contributed by atoms with Gasteiger partial charge in [-0.25, -0.2) is 0 Å². The second kappa shape index (κ2) is 4.08. The Bertz CT molecular complexity index is 219. The fourth-order valence-corrected chi connectivity index (χ4v) is 3.63. The van der Waals surface area contributed by atoms with Crippen LogP contribution in [0.15, 0.2) is 0 Å². The van der Waals surface area contributed by atoms with Crippen LogP contribution in [-0.2, 0) is 0 Å². The Kier molecular flexibility index (Phi) is 3.12. The van der Waals surface area contributed by atoms with Crippen molar-refractivity contribution in [1.29, 1.82) is 0 Å². The minimum atomic E-state index is 0.575. The van der Waals surface area contributed by atoms with Crippen LogP contribution in [0.4, 0.5) is 0 Å². The molecule has 15 heavy (non-hydrogen) atoms. The zero-order valence-electron chi connectivity index (χ0n) is 10.9. The third-order valence-corrected chi connectivity index (χ3v) is 4.84. The Labute approximate surface area is 95.2 Å². The largest absolute Gasteiger partial charge is 0.300 e. The summed E-state index contributed by atoms with van der Waals surface area (Å²) in [6.45, 7) is 12.4. The highest BCUT2D eigenvalue weighted by Gasteiger charge is 2.40. The average molecular weight is 209 g/mol. The number of likely N-dealkylation sites (tertiary alicyclic amines) is 1. The van der Waals surface area contributed by atoms with Crippen LogP contribution in [-0.4, -0.2) is 24.0 Å². The van der Waals surface area contributed by atoms with E-state index in [-0.39, 0.29) is 0 Å². The van der Waals surface area contributed by atoms with Crippen molar-refractivity contribution in [1.82, 2.24) is 4.90 Å². The number of hydrogen-bond donors (Lipinski definition) is 0. The molecule has 1 aliphatic carbocycles. The minimum Gasteiger partial charge on any atom is -0.300 e. The van der Waals surface area contributed by atoms with Crippen LogP contribution in [0.5, 0.6) is 0 Å². The molecule has 0 amide bonds. The van der Waals surface area contributed by atoms with Crippen molar-refractivity contribution in [3.05, 3.63) is 0 Å². The van der Waals surface area contributed by atoms with E-state index < -0.39 is 0 Å². The van der Waals surface area contributed by atoms with Crippen LogP contribution in [0.2, 0.25) is 0 Å². The number of rotatable bonds is 2. The van der Waals surface area contributed by atoms with Gasteiger partial charge in [0.1, 0.15) is 0 Å². The van der Waals surface area contributed by atoms with Gasteiger partial charge in [0.25, 0.3) is 0 Å². The molecule has 0 radical (unpaired) electrons. The van der Waals surface area contributed by atoms with Crippen molar-refractivity contribution in [2.24, 2.45) is 17.3 Å². The fourth-order valence-electron chi connectivity index (χ4n) is 3.63. The van der Waals surface area contributed by atoms with Gasteiger partial charge < -0.3 is 0 Å². The van der Waals surface area contributed by atoms with Gasteiger partial charge >= 0.3 is 0 Å². The monoisotopic (exact) mass is 209 g/mol. The Hall–Kier alpha value is -0.0400. The summed E-state index contributed by atoms with van der Waals surface area (Å²) in [6, 6.07) is 0.876. The van der Waals surface area contributed by atoms with Crippen LogP contribution in [0.1, 0.15) is 53.4 Å². The molecular formula is C14H27N. The highest BCUT2D eigenvalue weighted by Crippen LogP contribution is 2.42. The summed E-state index contributed by atoms with van der Waals surface area (Å²) in [5.41, 5.74) is 0.575. The van der Waals surface area contributed by atoms with Gasteiger partial charge in [0.05, 0.1) is 0 Å². The van der Waals surface area contributed by atoms with E-state index in [0.717, 1.165) is 17.9 Å². The lowest BCUT2D eigenvalue weighted by atomic mass is 9.86. The van der Waals surface area contributed by atoms with E-state index in [9.17, 15) is 0 Å². The summed E-state index contributed by atoms with van der Waals surface area (Å²) in [7, 11) is 0. The maximum Gasteiger partial charge on any atom is 0.0146 e. The predicted octanol–water partition coefficient (Wildman–Crippen LogP) is 3.54. The molecule has 2 rings (SSSR count). The van der Waals surface area contributed by atoms with Crippen LogP contribution >= 0.6 is 0 Å². The van der Waals surface area contributed by atoms with Crippen molar-refractivity contribution in [3.63, 3.8) is 0 Å². The molecule has 1 saturated heterocycles. The van der Waals surface area contributed by atoms with E-state index >= 15 is 0 Å². The molecule has 88 valence electrons. The summed E-state index contributed by atoms with van der Waals surface area (Å²) < 4.78 is 0. The number of nitrogens with zero attached hydrogens (tertiary/aromatic N) is 1. The van der Waals surface area contributed by atoms with Gasteiger partial charge in [0.2, 0.25) is 0 Å². The van der Waals surface area contributed by atoms with Gasteiger partial charge in [0.15, 0.2) is 0 Å². The first-order chi connectivity index (χ1) is 7.00. The third kappa shape index (κ3) is 2.22. The van der Waals surface area contributed by atoms with Gasteiger partial charge in [-0.1, -0.05) is 34.1 Å². The first kappa shape index (κ1) is 11.4. The molecule has 0 aromatic heterocycles. The van der Waals surface area contributed by atoms with E-state index in [1.165, 1.54) is 38.8 Å². The lowest BCUT2D eigenvalue weighted by molar-refractivity contribution is 0.132. The average Bonchev–Trinajstić information content (AvgIpc) is 2.69. The Morgan fingerprint density at radius 2 is 1.93 bits per heavy atom. The van der Waals surface area contributed by atoms with Crippen LogP contribution in [0.25, 0.3) is 0 Å². The summed E-state index contributed by atoms with van der Waals surface area (Å²) >= 11 is 0. The first-order valence-corrected chi connectivity index (χ1v) is 6.75. The molecular weight excluding hydrogens is 182 g/mol. The summed E-state index contributed by atoms with van der Waals surface area (Å²) in [6.07, 6.45) is 5.75. The van der Waals surface area contributed by atoms with Gasteiger partial charge in [-0.05, 0) is 43.1 Å². The topological polar surface area (TPSA) is 3.24 Å².